The van der Waals surface area contributed by atoms with Gasteiger partial charge in [0.2, 0.25) is 12.1 Å². The van der Waals surface area contributed by atoms with Crippen LogP contribution in [-0.4, -0.2) is 26.7 Å². The van der Waals surface area contributed by atoms with E-state index in [1.165, 1.54) is 28.8 Å². The monoisotopic (exact) mass is 413 g/mol. The van der Waals surface area contributed by atoms with Crippen LogP contribution in [0.2, 0.25) is 0 Å². The van der Waals surface area contributed by atoms with Crippen molar-refractivity contribution in [2.75, 3.05) is 0 Å². The van der Waals surface area contributed by atoms with Gasteiger partial charge >= 0.3 is 5.97 Å². The van der Waals surface area contributed by atoms with E-state index in [1.807, 2.05) is 0 Å². The molecule has 1 aliphatic heterocycles. The van der Waals surface area contributed by atoms with Crippen LogP contribution in [-0.2, 0) is 4.74 Å². The highest BCUT2D eigenvalue weighted by Gasteiger charge is 2.35. The van der Waals surface area contributed by atoms with Crippen molar-refractivity contribution in [3.05, 3.63) is 89.5 Å². The Hall–Kier alpha value is -4.46. The first kappa shape index (κ1) is 18.6. The standard InChI is InChI=1S/C23H15N3O5/c27-14-11-9-13(10-12-14)20(28)25-24-19-17-7-3-4-8-18(17)26(21(19)29)22-15-5-1-2-6-16(15)23(30)31-22/h1-12,22,27,29H/t22-/m0/s1. The number of azo groups is 1. The zero-order valence-electron chi connectivity index (χ0n) is 16.0. The minimum atomic E-state index is -0.870. The summed E-state index contributed by atoms with van der Waals surface area (Å²) < 4.78 is 6.98. The maximum atomic E-state index is 12.3. The molecular formula is C23H15N3O5. The number of phenols is 1. The van der Waals surface area contributed by atoms with Crippen molar-refractivity contribution in [3.8, 4) is 11.6 Å². The summed E-state index contributed by atoms with van der Waals surface area (Å²) in [7, 11) is 0. The van der Waals surface area contributed by atoms with Gasteiger partial charge in [-0.05, 0) is 36.4 Å². The number of benzene rings is 3. The quantitative estimate of drug-likeness (QED) is 0.373. The number of phenolic OH excluding ortho intramolecular Hbond substituents is 1. The Morgan fingerprint density at radius 1 is 0.935 bits per heavy atom. The molecule has 0 spiro atoms. The molecule has 8 nitrogen and oxygen atoms in total. The van der Waals surface area contributed by atoms with E-state index in [0.717, 1.165) is 0 Å². The Labute approximate surface area is 175 Å². The number of fused-ring (bicyclic) bond motifs is 2. The SMILES string of the molecule is O=C(N=Nc1c(O)n([C@H]2OC(=O)c3ccccc32)c2ccccc12)c1ccc(O)cc1. The average Bonchev–Trinajstić information content (AvgIpc) is 3.26. The number of carbonyl (C=O) groups is 2. The largest absolute Gasteiger partial charge is 0.508 e. The third kappa shape index (κ3) is 3.01. The molecule has 4 aromatic rings. The zero-order valence-corrected chi connectivity index (χ0v) is 16.0. The summed E-state index contributed by atoms with van der Waals surface area (Å²) in [5.41, 5.74) is 1.94. The summed E-state index contributed by atoms with van der Waals surface area (Å²) in [4.78, 5) is 24.6. The van der Waals surface area contributed by atoms with Crippen molar-refractivity contribution < 1.29 is 24.5 Å². The van der Waals surface area contributed by atoms with Gasteiger partial charge in [-0.15, -0.1) is 10.2 Å². The first-order valence-corrected chi connectivity index (χ1v) is 9.41. The lowest BCUT2D eigenvalue weighted by molar-refractivity contribution is 0.0318. The number of aromatic nitrogens is 1. The molecule has 0 saturated carbocycles. The molecule has 0 saturated heterocycles. The molecule has 2 heterocycles. The van der Waals surface area contributed by atoms with E-state index in [0.29, 0.717) is 22.0 Å². The number of rotatable bonds is 3. The minimum Gasteiger partial charge on any atom is -0.508 e. The van der Waals surface area contributed by atoms with Gasteiger partial charge in [-0.2, -0.15) is 0 Å². The molecule has 1 atom stereocenters. The van der Waals surface area contributed by atoms with Crippen LogP contribution in [0.25, 0.3) is 10.9 Å². The lowest BCUT2D eigenvalue weighted by Gasteiger charge is -2.15. The number of ether oxygens (including phenoxy) is 1. The molecule has 3 aromatic carbocycles. The summed E-state index contributed by atoms with van der Waals surface area (Å²) in [5, 5.41) is 28.6. The predicted octanol–water partition coefficient (Wildman–Crippen LogP) is 4.69. The summed E-state index contributed by atoms with van der Waals surface area (Å²) in [6.07, 6.45) is -0.870. The van der Waals surface area contributed by atoms with Crippen molar-refractivity contribution in [2.24, 2.45) is 10.2 Å². The van der Waals surface area contributed by atoms with Gasteiger partial charge in [0.05, 0.1) is 11.1 Å². The van der Waals surface area contributed by atoms with Crippen molar-refractivity contribution in [3.63, 3.8) is 0 Å². The fraction of sp³-hybridized carbons (Fsp3) is 0.0435. The van der Waals surface area contributed by atoms with Gasteiger partial charge in [0, 0.05) is 16.5 Å². The Morgan fingerprint density at radius 3 is 2.45 bits per heavy atom. The van der Waals surface area contributed by atoms with Crippen molar-refractivity contribution >= 4 is 28.5 Å². The van der Waals surface area contributed by atoms with E-state index in [-0.39, 0.29) is 22.9 Å². The molecule has 0 fully saturated rings. The van der Waals surface area contributed by atoms with Crippen LogP contribution < -0.4 is 0 Å². The highest BCUT2D eigenvalue weighted by atomic mass is 16.6. The number of hydrogen-bond donors (Lipinski definition) is 2. The fourth-order valence-corrected chi connectivity index (χ4v) is 3.64. The molecule has 1 amide bonds. The smallest absolute Gasteiger partial charge is 0.340 e. The molecule has 0 aliphatic carbocycles. The number of amides is 1. The van der Waals surface area contributed by atoms with Gasteiger partial charge in [0.15, 0.2) is 5.69 Å². The number of cyclic esters (lactones) is 1. The number of aromatic hydroxyl groups is 2. The van der Waals surface area contributed by atoms with Gasteiger partial charge in [0.1, 0.15) is 5.75 Å². The second kappa shape index (κ2) is 7.10. The zero-order chi connectivity index (χ0) is 21.5. The molecule has 8 heteroatoms. The second-order valence-corrected chi connectivity index (χ2v) is 6.96. The molecule has 152 valence electrons. The average molecular weight is 413 g/mol. The lowest BCUT2D eigenvalue weighted by atomic mass is 10.1. The van der Waals surface area contributed by atoms with Crippen LogP contribution in [0.5, 0.6) is 11.6 Å². The maximum absolute atomic E-state index is 12.3. The van der Waals surface area contributed by atoms with E-state index in [9.17, 15) is 19.8 Å². The van der Waals surface area contributed by atoms with Crippen LogP contribution >= 0.6 is 0 Å². The normalized spacial score (nSPS) is 15.4. The molecule has 0 radical (unpaired) electrons. The number of carbonyl (C=O) groups excluding carboxylic acids is 2. The third-order valence-corrected chi connectivity index (χ3v) is 5.11. The van der Waals surface area contributed by atoms with Crippen LogP contribution in [0.15, 0.2) is 83.0 Å². The van der Waals surface area contributed by atoms with Crippen LogP contribution in [0.4, 0.5) is 5.69 Å². The van der Waals surface area contributed by atoms with Gasteiger partial charge in [-0.3, -0.25) is 9.36 Å². The van der Waals surface area contributed by atoms with Gasteiger partial charge in [-0.25, -0.2) is 4.79 Å². The molecule has 0 unspecified atom stereocenters. The first-order valence-electron chi connectivity index (χ1n) is 9.41. The van der Waals surface area contributed by atoms with E-state index in [1.54, 1.807) is 48.5 Å². The second-order valence-electron chi connectivity index (χ2n) is 6.96. The molecule has 31 heavy (non-hydrogen) atoms. The number of para-hydroxylation sites is 1. The van der Waals surface area contributed by atoms with Crippen LogP contribution in [0.1, 0.15) is 32.5 Å². The third-order valence-electron chi connectivity index (χ3n) is 5.11. The van der Waals surface area contributed by atoms with Crippen LogP contribution in [0, 0.1) is 0 Å². The van der Waals surface area contributed by atoms with Crippen molar-refractivity contribution in [2.45, 2.75) is 6.23 Å². The number of esters is 1. The van der Waals surface area contributed by atoms with Crippen molar-refractivity contribution in [1.29, 1.82) is 0 Å². The molecule has 1 aliphatic rings. The first-order chi connectivity index (χ1) is 15.0. The van der Waals surface area contributed by atoms with E-state index in [2.05, 4.69) is 10.2 Å². The lowest BCUT2D eigenvalue weighted by Crippen LogP contribution is -2.09. The molecule has 1 aromatic heterocycles. The van der Waals surface area contributed by atoms with E-state index < -0.39 is 18.1 Å². The summed E-state index contributed by atoms with van der Waals surface area (Å²) in [6, 6.07) is 19.6. The highest BCUT2D eigenvalue weighted by Crippen LogP contribution is 2.44. The summed E-state index contributed by atoms with van der Waals surface area (Å²) in [6.45, 7) is 0. The highest BCUT2D eigenvalue weighted by molar-refractivity contribution is 5.98. The topological polar surface area (TPSA) is 113 Å². The number of nitrogens with zero attached hydrogens (tertiary/aromatic N) is 3. The Balaban J connectivity index is 1.60. The van der Waals surface area contributed by atoms with Gasteiger partial charge in [-0.1, -0.05) is 36.4 Å². The molecular weight excluding hydrogens is 398 g/mol. The number of hydrogen-bond acceptors (Lipinski definition) is 6. The predicted molar refractivity (Wildman–Crippen MR) is 111 cm³/mol. The molecule has 0 bridgehead atoms. The Bertz CT molecular complexity index is 1370. The molecule has 5 rings (SSSR count). The minimum absolute atomic E-state index is 0.0283. The van der Waals surface area contributed by atoms with Gasteiger partial charge in [0.25, 0.3) is 5.91 Å². The molecule has 2 N–H and O–H groups in total. The van der Waals surface area contributed by atoms with E-state index >= 15 is 0 Å². The Morgan fingerprint density at radius 2 is 1.65 bits per heavy atom. The van der Waals surface area contributed by atoms with Crippen LogP contribution in [0.3, 0.4) is 0 Å². The maximum Gasteiger partial charge on any atom is 0.340 e. The van der Waals surface area contributed by atoms with Gasteiger partial charge < -0.3 is 14.9 Å². The summed E-state index contributed by atoms with van der Waals surface area (Å²) >= 11 is 0. The van der Waals surface area contributed by atoms with Crippen molar-refractivity contribution in [1.82, 2.24) is 4.57 Å². The van der Waals surface area contributed by atoms with E-state index in [4.69, 9.17) is 4.74 Å². The Kier molecular flexibility index (Phi) is 4.25. The summed E-state index contributed by atoms with van der Waals surface area (Å²) in [5.74, 6) is -1.36. The fourth-order valence-electron chi connectivity index (χ4n) is 3.64.